The Hall–Kier alpha value is -1.09. The van der Waals surface area contributed by atoms with Crippen LogP contribution in [0.3, 0.4) is 0 Å². The maximum absolute atomic E-state index is 11.4. The highest BCUT2D eigenvalue weighted by molar-refractivity contribution is 6.33. The van der Waals surface area contributed by atoms with Crippen molar-refractivity contribution in [3.63, 3.8) is 0 Å². The molecule has 3 nitrogen and oxygen atoms in total. The van der Waals surface area contributed by atoms with E-state index >= 15 is 0 Å². The Morgan fingerprint density at radius 3 is 3.08 bits per heavy atom. The molecule has 70 valence electrons. The smallest absolute Gasteiger partial charge is 0.252 e. The van der Waals surface area contributed by atoms with Crippen molar-refractivity contribution in [2.45, 2.75) is 13.3 Å². The summed E-state index contributed by atoms with van der Waals surface area (Å²) in [6.07, 6.45) is 3.92. The third kappa shape index (κ3) is 2.70. The molecule has 0 aromatic carbocycles. The largest absolute Gasteiger partial charge is 0.352 e. The van der Waals surface area contributed by atoms with E-state index in [1.807, 2.05) is 6.92 Å². The summed E-state index contributed by atoms with van der Waals surface area (Å²) in [5.41, 5.74) is 0.477. The predicted molar refractivity (Wildman–Crippen MR) is 51.9 cm³/mol. The normalized spacial score (nSPS) is 9.69. The number of nitrogens with zero attached hydrogens (tertiary/aromatic N) is 1. The van der Waals surface area contributed by atoms with E-state index < -0.39 is 0 Å². The zero-order valence-electron chi connectivity index (χ0n) is 7.38. The lowest BCUT2D eigenvalue weighted by molar-refractivity contribution is 0.0953. The summed E-state index contributed by atoms with van der Waals surface area (Å²) < 4.78 is 0. The Balaban J connectivity index is 2.71. The van der Waals surface area contributed by atoms with Gasteiger partial charge in [0.05, 0.1) is 10.6 Å². The minimum absolute atomic E-state index is 0.144. The first-order chi connectivity index (χ1) is 6.25. The fraction of sp³-hybridized carbons (Fsp3) is 0.333. The van der Waals surface area contributed by atoms with Gasteiger partial charge in [-0.1, -0.05) is 18.5 Å². The zero-order chi connectivity index (χ0) is 9.68. The number of hydrogen-bond acceptors (Lipinski definition) is 2. The van der Waals surface area contributed by atoms with E-state index in [1.54, 1.807) is 12.3 Å². The lowest BCUT2D eigenvalue weighted by Gasteiger charge is -2.03. The lowest BCUT2D eigenvalue weighted by atomic mass is 10.2. The van der Waals surface area contributed by atoms with Crippen LogP contribution in [0.5, 0.6) is 0 Å². The van der Waals surface area contributed by atoms with E-state index in [2.05, 4.69) is 10.3 Å². The van der Waals surface area contributed by atoms with Gasteiger partial charge >= 0.3 is 0 Å². The SMILES string of the molecule is CCCNC(=O)c1ccncc1Cl. The number of aromatic nitrogens is 1. The molecule has 0 aliphatic rings. The van der Waals surface area contributed by atoms with Gasteiger partial charge in [-0.3, -0.25) is 9.78 Å². The van der Waals surface area contributed by atoms with Gasteiger partial charge in [0.2, 0.25) is 0 Å². The number of amides is 1. The molecule has 1 rings (SSSR count). The molecule has 1 heterocycles. The van der Waals surface area contributed by atoms with Gasteiger partial charge in [0.25, 0.3) is 5.91 Å². The van der Waals surface area contributed by atoms with Crippen molar-refractivity contribution >= 4 is 17.5 Å². The second-order valence-electron chi connectivity index (χ2n) is 2.61. The minimum Gasteiger partial charge on any atom is -0.352 e. The standard InChI is InChI=1S/C9H11ClN2O/c1-2-4-12-9(13)7-3-5-11-6-8(7)10/h3,5-6H,2,4H2,1H3,(H,12,13). The maximum atomic E-state index is 11.4. The van der Waals surface area contributed by atoms with Crippen LogP contribution in [0.2, 0.25) is 5.02 Å². The first kappa shape index (κ1) is 9.99. The van der Waals surface area contributed by atoms with Gasteiger partial charge in [-0.05, 0) is 12.5 Å². The van der Waals surface area contributed by atoms with Crippen molar-refractivity contribution in [3.8, 4) is 0 Å². The fourth-order valence-corrected chi connectivity index (χ4v) is 1.10. The summed E-state index contributed by atoms with van der Waals surface area (Å²) in [7, 11) is 0. The van der Waals surface area contributed by atoms with Crippen LogP contribution in [0.25, 0.3) is 0 Å². The van der Waals surface area contributed by atoms with E-state index in [4.69, 9.17) is 11.6 Å². The molecule has 0 radical (unpaired) electrons. The third-order valence-electron chi connectivity index (χ3n) is 1.55. The van der Waals surface area contributed by atoms with Crippen molar-refractivity contribution in [1.82, 2.24) is 10.3 Å². The molecule has 4 heteroatoms. The quantitative estimate of drug-likeness (QED) is 0.806. The van der Waals surface area contributed by atoms with Gasteiger partial charge in [-0.15, -0.1) is 0 Å². The number of hydrogen-bond donors (Lipinski definition) is 1. The summed E-state index contributed by atoms with van der Waals surface area (Å²) in [6, 6.07) is 1.60. The van der Waals surface area contributed by atoms with Gasteiger partial charge in [-0.25, -0.2) is 0 Å². The van der Waals surface area contributed by atoms with Gasteiger partial charge < -0.3 is 5.32 Å². The molecule has 1 N–H and O–H groups in total. The molecular formula is C9H11ClN2O. The molecule has 0 aliphatic heterocycles. The van der Waals surface area contributed by atoms with Crippen LogP contribution in [0.4, 0.5) is 0 Å². The van der Waals surface area contributed by atoms with Crippen LogP contribution < -0.4 is 5.32 Å². The molecule has 1 amide bonds. The second kappa shape index (κ2) is 4.82. The molecule has 1 aromatic rings. The van der Waals surface area contributed by atoms with Crippen LogP contribution >= 0.6 is 11.6 Å². The molecular weight excluding hydrogens is 188 g/mol. The number of pyridine rings is 1. The molecule has 1 aromatic heterocycles. The Kier molecular flexibility index (Phi) is 3.71. The first-order valence-electron chi connectivity index (χ1n) is 4.13. The van der Waals surface area contributed by atoms with Gasteiger partial charge in [0.1, 0.15) is 0 Å². The second-order valence-corrected chi connectivity index (χ2v) is 3.02. The van der Waals surface area contributed by atoms with E-state index in [0.717, 1.165) is 6.42 Å². The lowest BCUT2D eigenvalue weighted by Crippen LogP contribution is -2.24. The highest BCUT2D eigenvalue weighted by Crippen LogP contribution is 2.12. The molecule has 13 heavy (non-hydrogen) atoms. The maximum Gasteiger partial charge on any atom is 0.252 e. The van der Waals surface area contributed by atoms with Crippen LogP contribution in [0, 0.1) is 0 Å². The summed E-state index contributed by atoms with van der Waals surface area (Å²) in [5.74, 6) is -0.144. The first-order valence-corrected chi connectivity index (χ1v) is 4.51. The molecule has 0 fully saturated rings. The van der Waals surface area contributed by atoms with Crippen LogP contribution in [0.1, 0.15) is 23.7 Å². The van der Waals surface area contributed by atoms with Crippen molar-refractivity contribution in [1.29, 1.82) is 0 Å². The van der Waals surface area contributed by atoms with Crippen molar-refractivity contribution in [3.05, 3.63) is 29.0 Å². The van der Waals surface area contributed by atoms with Crippen LogP contribution in [-0.2, 0) is 0 Å². The molecule has 0 aliphatic carbocycles. The minimum atomic E-state index is -0.144. The highest BCUT2D eigenvalue weighted by atomic mass is 35.5. The molecule has 0 atom stereocenters. The van der Waals surface area contributed by atoms with Crippen molar-refractivity contribution in [2.75, 3.05) is 6.54 Å². The summed E-state index contributed by atoms with van der Waals surface area (Å²) in [5, 5.41) is 3.12. The molecule has 0 spiro atoms. The number of carbonyl (C=O) groups excluding carboxylic acids is 1. The Morgan fingerprint density at radius 1 is 1.69 bits per heavy atom. The van der Waals surface area contributed by atoms with E-state index in [9.17, 15) is 4.79 Å². The Morgan fingerprint density at radius 2 is 2.46 bits per heavy atom. The average molecular weight is 199 g/mol. The topological polar surface area (TPSA) is 42.0 Å². The van der Waals surface area contributed by atoms with Gasteiger partial charge in [0, 0.05) is 18.9 Å². The van der Waals surface area contributed by atoms with E-state index in [-0.39, 0.29) is 5.91 Å². The van der Waals surface area contributed by atoms with Crippen molar-refractivity contribution < 1.29 is 4.79 Å². The average Bonchev–Trinajstić information content (AvgIpc) is 2.15. The van der Waals surface area contributed by atoms with Crippen LogP contribution in [-0.4, -0.2) is 17.4 Å². The number of nitrogens with one attached hydrogen (secondary N) is 1. The molecule has 0 saturated carbocycles. The summed E-state index contributed by atoms with van der Waals surface area (Å²) in [6.45, 7) is 2.66. The number of halogens is 1. The Bertz CT molecular complexity index is 301. The fourth-order valence-electron chi connectivity index (χ4n) is 0.893. The number of carbonyl (C=O) groups is 1. The molecule has 0 bridgehead atoms. The molecule has 0 saturated heterocycles. The van der Waals surface area contributed by atoms with Crippen molar-refractivity contribution in [2.24, 2.45) is 0 Å². The summed E-state index contributed by atoms with van der Waals surface area (Å²) in [4.78, 5) is 15.2. The number of rotatable bonds is 3. The van der Waals surface area contributed by atoms with Crippen LogP contribution in [0.15, 0.2) is 18.5 Å². The van der Waals surface area contributed by atoms with E-state index in [0.29, 0.717) is 17.1 Å². The monoisotopic (exact) mass is 198 g/mol. The van der Waals surface area contributed by atoms with Gasteiger partial charge in [0.15, 0.2) is 0 Å². The third-order valence-corrected chi connectivity index (χ3v) is 1.85. The van der Waals surface area contributed by atoms with Gasteiger partial charge in [-0.2, -0.15) is 0 Å². The van der Waals surface area contributed by atoms with E-state index in [1.165, 1.54) is 6.20 Å². The molecule has 0 unspecified atom stereocenters. The Labute approximate surface area is 82.1 Å². The predicted octanol–water partition coefficient (Wildman–Crippen LogP) is 1.87. The summed E-state index contributed by atoms with van der Waals surface area (Å²) >= 11 is 5.77. The zero-order valence-corrected chi connectivity index (χ0v) is 8.14. The highest BCUT2D eigenvalue weighted by Gasteiger charge is 2.07.